The highest BCUT2D eigenvalue weighted by Gasteiger charge is 2.33. The van der Waals surface area contributed by atoms with Crippen LogP contribution >= 0.6 is 0 Å². The molecule has 0 spiro atoms. The summed E-state index contributed by atoms with van der Waals surface area (Å²) in [6.45, 7) is 5.40. The number of hydrogen-bond acceptors (Lipinski definition) is 4. The van der Waals surface area contributed by atoms with Gasteiger partial charge in [0.2, 0.25) is 10.0 Å². The molecule has 29 heavy (non-hydrogen) atoms. The van der Waals surface area contributed by atoms with Crippen LogP contribution in [-0.2, 0) is 14.8 Å². The van der Waals surface area contributed by atoms with Crippen molar-refractivity contribution in [1.82, 2.24) is 9.21 Å². The highest BCUT2D eigenvalue weighted by molar-refractivity contribution is 7.89. The van der Waals surface area contributed by atoms with Crippen molar-refractivity contribution in [3.05, 3.63) is 71.8 Å². The Morgan fingerprint density at radius 3 is 2.31 bits per heavy atom. The Morgan fingerprint density at radius 1 is 1.03 bits per heavy atom. The van der Waals surface area contributed by atoms with E-state index in [0.29, 0.717) is 26.1 Å². The summed E-state index contributed by atoms with van der Waals surface area (Å²) in [5.41, 5.74) is 2.30. The highest BCUT2D eigenvalue weighted by atomic mass is 32.2. The minimum absolute atomic E-state index is 0.0813. The normalized spacial score (nSPS) is 19.9. The van der Waals surface area contributed by atoms with Gasteiger partial charge in [0.25, 0.3) is 0 Å². The molecule has 2 atom stereocenters. The number of methoxy groups -OCH3 is 1. The number of sulfonamides is 1. The van der Waals surface area contributed by atoms with Gasteiger partial charge < -0.3 is 4.74 Å². The molecule has 1 heterocycles. The van der Waals surface area contributed by atoms with E-state index in [2.05, 4.69) is 24.0 Å². The van der Waals surface area contributed by atoms with E-state index in [1.165, 1.54) is 5.56 Å². The molecule has 2 aromatic rings. The van der Waals surface area contributed by atoms with Crippen LogP contribution in [0, 0.1) is 0 Å². The third-order valence-electron chi connectivity index (χ3n) is 5.80. The van der Waals surface area contributed by atoms with E-state index in [1.807, 2.05) is 48.5 Å². The number of likely N-dealkylation sites (N-methyl/N-ethyl adjacent to an activating group) is 1. The van der Waals surface area contributed by atoms with Crippen LogP contribution in [0.2, 0.25) is 0 Å². The van der Waals surface area contributed by atoms with E-state index in [4.69, 9.17) is 4.74 Å². The zero-order chi connectivity index (χ0) is 20.7. The van der Waals surface area contributed by atoms with Crippen molar-refractivity contribution in [3.8, 4) is 0 Å². The predicted molar refractivity (Wildman–Crippen MR) is 117 cm³/mol. The monoisotopic (exact) mass is 416 g/mol. The predicted octanol–water partition coefficient (Wildman–Crippen LogP) is 3.52. The van der Waals surface area contributed by atoms with Crippen LogP contribution in [0.4, 0.5) is 0 Å². The second-order valence-electron chi connectivity index (χ2n) is 7.58. The molecule has 1 saturated heterocycles. The van der Waals surface area contributed by atoms with Gasteiger partial charge in [0.15, 0.2) is 0 Å². The van der Waals surface area contributed by atoms with E-state index < -0.39 is 10.0 Å². The fraction of sp³-hybridized carbons (Fsp3) is 0.478. The molecule has 1 aliphatic heterocycles. The molecular weight excluding hydrogens is 384 g/mol. The number of nitrogens with zero attached hydrogens (tertiary/aromatic N) is 2. The molecule has 0 radical (unpaired) electrons. The molecule has 0 amide bonds. The molecule has 3 rings (SSSR count). The quantitative estimate of drug-likeness (QED) is 0.628. The summed E-state index contributed by atoms with van der Waals surface area (Å²) in [6, 6.07) is 20.4. The lowest BCUT2D eigenvalue weighted by atomic mass is 9.97. The van der Waals surface area contributed by atoms with E-state index in [1.54, 1.807) is 11.4 Å². The number of hydrogen-bond donors (Lipinski definition) is 0. The first kappa shape index (κ1) is 22.0. The van der Waals surface area contributed by atoms with Crippen molar-refractivity contribution in [2.75, 3.05) is 45.6 Å². The van der Waals surface area contributed by atoms with Crippen molar-refractivity contribution in [2.24, 2.45) is 0 Å². The van der Waals surface area contributed by atoms with Gasteiger partial charge in [-0.3, -0.25) is 4.90 Å². The van der Waals surface area contributed by atoms with Gasteiger partial charge in [0, 0.05) is 38.7 Å². The molecule has 2 aromatic carbocycles. The Labute approximate surface area is 175 Å². The lowest BCUT2D eigenvalue weighted by Crippen LogP contribution is -2.50. The van der Waals surface area contributed by atoms with Crippen LogP contribution in [0.1, 0.15) is 36.4 Å². The third kappa shape index (κ3) is 5.66. The summed E-state index contributed by atoms with van der Waals surface area (Å²) in [6.07, 6.45) is 0.560. The van der Waals surface area contributed by atoms with Gasteiger partial charge in [-0.25, -0.2) is 8.42 Å². The number of ether oxygens (including phenoxy) is 1. The maximum absolute atomic E-state index is 13.2. The topological polar surface area (TPSA) is 49.9 Å². The van der Waals surface area contributed by atoms with Crippen molar-refractivity contribution >= 4 is 10.0 Å². The molecule has 5 nitrogen and oxygen atoms in total. The zero-order valence-electron chi connectivity index (χ0n) is 17.4. The van der Waals surface area contributed by atoms with Crippen molar-refractivity contribution < 1.29 is 13.2 Å². The first-order chi connectivity index (χ1) is 14.0. The van der Waals surface area contributed by atoms with E-state index in [9.17, 15) is 8.42 Å². The highest BCUT2D eigenvalue weighted by Crippen LogP contribution is 2.28. The lowest BCUT2D eigenvalue weighted by molar-refractivity contribution is 0.124. The fourth-order valence-electron chi connectivity index (χ4n) is 4.11. The Balaban J connectivity index is 1.70. The Morgan fingerprint density at radius 2 is 1.69 bits per heavy atom. The SMILES string of the molecule is CCN1CCN(S(=O)(=O)CCC(COC)c2ccccc2)CC1c1ccccc1. The molecule has 158 valence electrons. The van der Waals surface area contributed by atoms with E-state index in [0.717, 1.165) is 18.7 Å². The number of benzene rings is 2. The van der Waals surface area contributed by atoms with Crippen molar-refractivity contribution in [2.45, 2.75) is 25.3 Å². The molecule has 0 bridgehead atoms. The average Bonchev–Trinajstić information content (AvgIpc) is 2.77. The van der Waals surface area contributed by atoms with Crippen LogP contribution in [-0.4, -0.2) is 63.3 Å². The molecule has 1 fully saturated rings. The van der Waals surface area contributed by atoms with Crippen LogP contribution < -0.4 is 0 Å². The molecule has 0 aromatic heterocycles. The third-order valence-corrected chi connectivity index (χ3v) is 7.67. The van der Waals surface area contributed by atoms with Crippen molar-refractivity contribution in [1.29, 1.82) is 0 Å². The Hall–Kier alpha value is -1.73. The molecule has 1 aliphatic rings. The van der Waals surface area contributed by atoms with Gasteiger partial charge in [0.05, 0.1) is 12.4 Å². The second kappa shape index (κ2) is 10.3. The van der Waals surface area contributed by atoms with E-state index in [-0.39, 0.29) is 17.7 Å². The summed E-state index contributed by atoms with van der Waals surface area (Å²) >= 11 is 0. The zero-order valence-corrected chi connectivity index (χ0v) is 18.2. The maximum atomic E-state index is 13.2. The fourth-order valence-corrected chi connectivity index (χ4v) is 5.68. The number of piperazine rings is 1. The maximum Gasteiger partial charge on any atom is 0.214 e. The number of rotatable bonds is 9. The van der Waals surface area contributed by atoms with Gasteiger partial charge in [0.1, 0.15) is 0 Å². The van der Waals surface area contributed by atoms with Crippen LogP contribution in [0.25, 0.3) is 0 Å². The summed E-state index contributed by atoms with van der Waals surface area (Å²) in [7, 11) is -1.66. The van der Waals surface area contributed by atoms with Gasteiger partial charge in [-0.15, -0.1) is 0 Å². The summed E-state index contributed by atoms with van der Waals surface area (Å²) < 4.78 is 33.4. The first-order valence-corrected chi connectivity index (χ1v) is 12.0. The van der Waals surface area contributed by atoms with Gasteiger partial charge in [-0.1, -0.05) is 67.6 Å². The molecule has 0 aliphatic carbocycles. The van der Waals surface area contributed by atoms with Crippen molar-refractivity contribution in [3.63, 3.8) is 0 Å². The Kier molecular flexibility index (Phi) is 7.84. The van der Waals surface area contributed by atoms with Gasteiger partial charge in [-0.2, -0.15) is 4.31 Å². The summed E-state index contributed by atoms with van der Waals surface area (Å²) in [5, 5.41) is 0. The second-order valence-corrected chi connectivity index (χ2v) is 9.67. The first-order valence-electron chi connectivity index (χ1n) is 10.4. The van der Waals surface area contributed by atoms with Crippen LogP contribution in [0.5, 0.6) is 0 Å². The lowest BCUT2D eigenvalue weighted by Gasteiger charge is -2.40. The molecule has 0 saturated carbocycles. The average molecular weight is 417 g/mol. The summed E-state index contributed by atoms with van der Waals surface area (Å²) in [4.78, 5) is 2.36. The minimum Gasteiger partial charge on any atom is -0.384 e. The standard InChI is InChI=1S/C23H32N2O3S/c1-3-24-15-16-25(18-23(24)21-12-8-5-9-13-21)29(26,27)17-14-22(19-28-2)20-10-6-4-7-11-20/h4-13,22-23H,3,14-19H2,1-2H3. The molecule has 0 N–H and O–H groups in total. The smallest absolute Gasteiger partial charge is 0.214 e. The van der Waals surface area contributed by atoms with E-state index >= 15 is 0 Å². The Bertz CT molecular complexity index is 843. The largest absolute Gasteiger partial charge is 0.384 e. The van der Waals surface area contributed by atoms with Crippen LogP contribution in [0.15, 0.2) is 60.7 Å². The van der Waals surface area contributed by atoms with Gasteiger partial charge in [-0.05, 0) is 24.1 Å². The molecule has 2 unspecified atom stereocenters. The van der Waals surface area contributed by atoms with Gasteiger partial charge >= 0.3 is 0 Å². The molecular formula is C23H32N2O3S. The summed E-state index contributed by atoms with van der Waals surface area (Å²) in [5.74, 6) is 0.224. The molecule has 6 heteroatoms. The van der Waals surface area contributed by atoms with Crippen LogP contribution in [0.3, 0.4) is 0 Å². The minimum atomic E-state index is -3.33.